The van der Waals surface area contributed by atoms with Crippen LogP contribution < -0.4 is 4.72 Å². The van der Waals surface area contributed by atoms with Gasteiger partial charge in [0.25, 0.3) is 10.0 Å². The first-order chi connectivity index (χ1) is 11.4. The van der Waals surface area contributed by atoms with Crippen LogP contribution in [0.5, 0.6) is 0 Å². The van der Waals surface area contributed by atoms with E-state index in [0.29, 0.717) is 22.0 Å². The van der Waals surface area contributed by atoms with E-state index in [1.165, 1.54) is 6.20 Å². The fourth-order valence-corrected chi connectivity index (χ4v) is 3.49. The molecule has 3 rings (SSSR count). The summed E-state index contributed by atoms with van der Waals surface area (Å²) in [5.41, 5.74) is 2.13. The van der Waals surface area contributed by atoms with Crippen LogP contribution in [0, 0.1) is 0 Å². The molecule has 0 atom stereocenters. The van der Waals surface area contributed by atoms with Crippen LogP contribution in [0.25, 0.3) is 11.0 Å². The first-order valence-electron chi connectivity index (χ1n) is 7.41. The lowest BCUT2D eigenvalue weighted by atomic mass is 10.0. The van der Waals surface area contributed by atoms with E-state index in [9.17, 15) is 8.42 Å². The molecule has 0 saturated heterocycles. The Morgan fingerprint density at radius 1 is 1.08 bits per heavy atom. The molecule has 3 aromatic rings. The molecule has 0 aliphatic carbocycles. The van der Waals surface area contributed by atoms with Gasteiger partial charge >= 0.3 is 0 Å². The average Bonchev–Trinajstić information content (AvgIpc) is 2.54. The highest BCUT2D eigenvalue weighted by Crippen LogP contribution is 2.22. The van der Waals surface area contributed by atoms with Gasteiger partial charge in [0, 0.05) is 0 Å². The number of hydrogen-bond donors (Lipinski definition) is 1. The molecular formula is C17H16ClN3O2S. The molecule has 0 aliphatic rings. The fraction of sp³-hybridized carbons (Fsp3) is 0.176. The monoisotopic (exact) mass is 361 g/mol. The van der Waals surface area contributed by atoms with Crippen LogP contribution in [-0.4, -0.2) is 18.4 Å². The van der Waals surface area contributed by atoms with E-state index >= 15 is 0 Å². The summed E-state index contributed by atoms with van der Waals surface area (Å²) in [6.45, 7) is 4.11. The van der Waals surface area contributed by atoms with Crippen molar-refractivity contribution in [1.29, 1.82) is 0 Å². The third-order valence-electron chi connectivity index (χ3n) is 3.62. The van der Waals surface area contributed by atoms with Crippen molar-refractivity contribution in [3.8, 4) is 0 Å². The van der Waals surface area contributed by atoms with E-state index in [1.807, 2.05) is 12.1 Å². The number of anilines is 1. The molecule has 0 fully saturated rings. The summed E-state index contributed by atoms with van der Waals surface area (Å²) in [5.74, 6) is 0.489. The lowest BCUT2D eigenvalue weighted by Gasteiger charge is -2.10. The van der Waals surface area contributed by atoms with Gasteiger partial charge in [0.15, 0.2) is 5.82 Å². The van der Waals surface area contributed by atoms with Crippen LogP contribution in [0.3, 0.4) is 0 Å². The molecule has 0 saturated carbocycles. The summed E-state index contributed by atoms with van der Waals surface area (Å²) in [6, 6.07) is 12.0. The second-order valence-corrected chi connectivity index (χ2v) is 7.78. The summed E-state index contributed by atoms with van der Waals surface area (Å²) >= 11 is 6.04. The second-order valence-electron chi connectivity index (χ2n) is 5.69. The Morgan fingerprint density at radius 3 is 2.46 bits per heavy atom. The van der Waals surface area contributed by atoms with Crippen LogP contribution in [0.4, 0.5) is 5.82 Å². The molecule has 5 nitrogen and oxygen atoms in total. The summed E-state index contributed by atoms with van der Waals surface area (Å²) in [5, 5.41) is 0.471. The summed E-state index contributed by atoms with van der Waals surface area (Å²) in [4.78, 5) is 8.61. The van der Waals surface area contributed by atoms with E-state index in [0.717, 1.165) is 5.56 Å². The van der Waals surface area contributed by atoms with E-state index in [-0.39, 0.29) is 10.7 Å². The molecule has 7 heteroatoms. The molecule has 0 bridgehead atoms. The maximum absolute atomic E-state index is 12.5. The van der Waals surface area contributed by atoms with E-state index in [2.05, 4.69) is 28.5 Å². The normalized spacial score (nSPS) is 11.8. The Balaban J connectivity index is 1.91. The third kappa shape index (κ3) is 3.34. The number of halogens is 1. The molecular weight excluding hydrogens is 346 g/mol. The molecule has 2 aromatic carbocycles. The lowest BCUT2D eigenvalue weighted by Crippen LogP contribution is -2.14. The largest absolute Gasteiger partial charge is 0.263 e. The zero-order chi connectivity index (χ0) is 17.3. The molecule has 0 unspecified atom stereocenters. The second kappa shape index (κ2) is 6.37. The van der Waals surface area contributed by atoms with Crippen LogP contribution in [-0.2, 0) is 10.0 Å². The number of sulfonamides is 1. The van der Waals surface area contributed by atoms with Gasteiger partial charge in [-0.2, -0.15) is 0 Å². The summed E-state index contributed by atoms with van der Waals surface area (Å²) in [6.07, 6.45) is 1.36. The van der Waals surface area contributed by atoms with Crippen LogP contribution in [0.2, 0.25) is 5.02 Å². The Hall–Kier alpha value is -2.18. The molecule has 0 spiro atoms. The van der Waals surface area contributed by atoms with Gasteiger partial charge in [0.1, 0.15) is 5.52 Å². The SMILES string of the molecule is CC(C)c1ccc(S(=O)(=O)Nc2cnc3c(Cl)cccc3n2)cc1. The molecule has 1 heterocycles. The van der Waals surface area contributed by atoms with Gasteiger partial charge in [0.05, 0.1) is 21.6 Å². The van der Waals surface area contributed by atoms with E-state index < -0.39 is 10.0 Å². The Morgan fingerprint density at radius 2 is 1.79 bits per heavy atom. The van der Waals surface area contributed by atoms with Crippen LogP contribution >= 0.6 is 11.6 Å². The van der Waals surface area contributed by atoms with E-state index in [1.54, 1.807) is 30.3 Å². The number of hydrogen-bond acceptors (Lipinski definition) is 4. The average molecular weight is 362 g/mol. The van der Waals surface area contributed by atoms with Crippen LogP contribution in [0.15, 0.2) is 53.6 Å². The molecule has 1 N–H and O–H groups in total. The number of nitrogens with one attached hydrogen (secondary N) is 1. The van der Waals surface area contributed by atoms with Gasteiger partial charge in [-0.1, -0.05) is 43.6 Å². The first-order valence-corrected chi connectivity index (χ1v) is 9.27. The predicted molar refractivity (Wildman–Crippen MR) is 95.9 cm³/mol. The highest BCUT2D eigenvalue weighted by molar-refractivity contribution is 7.92. The van der Waals surface area contributed by atoms with Gasteiger partial charge in [-0.25, -0.2) is 18.4 Å². The molecule has 1 aromatic heterocycles. The fourth-order valence-electron chi connectivity index (χ4n) is 2.28. The van der Waals surface area contributed by atoms with E-state index in [4.69, 9.17) is 11.6 Å². The van der Waals surface area contributed by atoms with Crippen molar-refractivity contribution in [3.05, 3.63) is 59.2 Å². The highest BCUT2D eigenvalue weighted by Gasteiger charge is 2.16. The van der Waals surface area contributed by atoms with Crippen molar-refractivity contribution in [3.63, 3.8) is 0 Å². The van der Waals surface area contributed by atoms with Crippen molar-refractivity contribution in [2.24, 2.45) is 0 Å². The van der Waals surface area contributed by atoms with Crippen molar-refractivity contribution in [2.75, 3.05) is 4.72 Å². The van der Waals surface area contributed by atoms with Crippen molar-refractivity contribution < 1.29 is 8.42 Å². The van der Waals surface area contributed by atoms with Gasteiger partial charge in [0.2, 0.25) is 0 Å². The zero-order valence-corrected chi connectivity index (χ0v) is 14.8. The predicted octanol–water partition coefficient (Wildman–Crippen LogP) is 4.21. The van der Waals surface area contributed by atoms with Gasteiger partial charge in [-0.3, -0.25) is 4.72 Å². The zero-order valence-electron chi connectivity index (χ0n) is 13.2. The van der Waals surface area contributed by atoms with Gasteiger partial charge in [-0.15, -0.1) is 0 Å². The number of benzene rings is 2. The topological polar surface area (TPSA) is 72.0 Å². The van der Waals surface area contributed by atoms with Crippen molar-refractivity contribution >= 4 is 38.5 Å². The Kier molecular flexibility index (Phi) is 4.43. The summed E-state index contributed by atoms with van der Waals surface area (Å²) < 4.78 is 27.4. The minimum atomic E-state index is -3.72. The maximum atomic E-state index is 12.5. The van der Waals surface area contributed by atoms with Crippen molar-refractivity contribution in [2.45, 2.75) is 24.7 Å². The number of para-hydroxylation sites is 1. The minimum Gasteiger partial charge on any atom is -0.262 e. The molecule has 0 amide bonds. The standard InChI is InChI=1S/C17H16ClN3O2S/c1-11(2)12-6-8-13(9-7-12)24(22,23)21-16-10-19-17-14(18)4-3-5-15(17)20-16/h3-11H,1-2H3,(H,20,21). The molecule has 24 heavy (non-hydrogen) atoms. The number of rotatable bonds is 4. The van der Waals surface area contributed by atoms with Gasteiger partial charge in [-0.05, 0) is 35.7 Å². The Bertz CT molecular complexity index is 986. The third-order valence-corrected chi connectivity index (χ3v) is 5.29. The molecule has 124 valence electrons. The number of nitrogens with zero attached hydrogens (tertiary/aromatic N) is 2. The molecule has 0 radical (unpaired) electrons. The summed E-state index contributed by atoms with van der Waals surface area (Å²) in [7, 11) is -3.72. The van der Waals surface area contributed by atoms with Crippen LogP contribution in [0.1, 0.15) is 25.3 Å². The number of aromatic nitrogens is 2. The smallest absolute Gasteiger partial charge is 0.262 e. The lowest BCUT2D eigenvalue weighted by molar-refractivity contribution is 0.601. The highest BCUT2D eigenvalue weighted by atomic mass is 35.5. The molecule has 0 aliphatic heterocycles. The maximum Gasteiger partial charge on any atom is 0.263 e. The van der Waals surface area contributed by atoms with Crippen molar-refractivity contribution in [1.82, 2.24) is 9.97 Å². The quantitative estimate of drug-likeness (QED) is 0.755. The first kappa shape index (κ1) is 16.7. The number of fused-ring (bicyclic) bond motifs is 1. The van der Waals surface area contributed by atoms with Gasteiger partial charge < -0.3 is 0 Å². The Labute approximate surface area is 145 Å². The minimum absolute atomic E-state index is 0.151.